The van der Waals surface area contributed by atoms with E-state index in [9.17, 15) is 9.90 Å². The number of aliphatic carboxylic acids is 1. The molecule has 1 saturated heterocycles. The number of rotatable bonds is 6. The molecule has 2 heterocycles. The number of nitrogens with two attached hydrogens (primary N) is 1. The third kappa shape index (κ3) is 3.28. The summed E-state index contributed by atoms with van der Waals surface area (Å²) in [7, 11) is 0. The largest absolute Gasteiger partial charge is 0.480 e. The molecular weight excluding hydrogens is 258 g/mol. The van der Waals surface area contributed by atoms with Crippen LogP contribution in [0.5, 0.6) is 0 Å². The number of aromatic nitrogens is 2. The highest BCUT2D eigenvalue weighted by Crippen LogP contribution is 2.26. The molecule has 1 atom stereocenters. The van der Waals surface area contributed by atoms with Gasteiger partial charge in [0.05, 0.1) is 0 Å². The van der Waals surface area contributed by atoms with E-state index in [0.29, 0.717) is 24.6 Å². The standard InChI is InChI=1S/C13H21N5O2/c1-2-3-6-15-10-8-11(17-13(14)16-10)18-7-4-5-9(18)12(19)20/h8-9H,2-7H2,1H3,(H,19,20)(H3,14,15,16,17)/t9-/m1/s1. The summed E-state index contributed by atoms with van der Waals surface area (Å²) in [4.78, 5) is 21.3. The van der Waals surface area contributed by atoms with E-state index in [0.717, 1.165) is 25.8 Å². The Kier molecular flexibility index (Phi) is 4.60. The van der Waals surface area contributed by atoms with Crippen LogP contribution in [0, 0.1) is 0 Å². The van der Waals surface area contributed by atoms with Crippen LogP contribution < -0.4 is 16.0 Å². The van der Waals surface area contributed by atoms with E-state index in [-0.39, 0.29) is 5.95 Å². The number of anilines is 3. The average Bonchev–Trinajstić information content (AvgIpc) is 2.87. The fourth-order valence-electron chi connectivity index (χ4n) is 2.38. The summed E-state index contributed by atoms with van der Waals surface area (Å²) in [5.41, 5.74) is 5.72. The first kappa shape index (κ1) is 14.4. The molecule has 7 nitrogen and oxygen atoms in total. The van der Waals surface area contributed by atoms with Gasteiger partial charge in [0.2, 0.25) is 5.95 Å². The van der Waals surface area contributed by atoms with Gasteiger partial charge in [-0.05, 0) is 19.3 Å². The van der Waals surface area contributed by atoms with Crippen molar-refractivity contribution in [2.24, 2.45) is 0 Å². The summed E-state index contributed by atoms with van der Waals surface area (Å²) < 4.78 is 0. The maximum Gasteiger partial charge on any atom is 0.326 e. The van der Waals surface area contributed by atoms with Gasteiger partial charge in [-0.3, -0.25) is 0 Å². The molecule has 0 bridgehead atoms. The van der Waals surface area contributed by atoms with Crippen LogP contribution in [-0.4, -0.2) is 40.2 Å². The van der Waals surface area contributed by atoms with Crippen LogP contribution in [0.1, 0.15) is 32.6 Å². The Morgan fingerprint density at radius 2 is 2.40 bits per heavy atom. The maximum absolute atomic E-state index is 11.2. The predicted molar refractivity (Wildman–Crippen MR) is 77.8 cm³/mol. The molecule has 110 valence electrons. The number of unbranched alkanes of at least 4 members (excludes halogenated alkanes) is 1. The minimum absolute atomic E-state index is 0.164. The number of nitrogen functional groups attached to an aromatic ring is 1. The molecule has 0 unspecified atom stereocenters. The molecule has 0 spiro atoms. The molecule has 1 aliphatic rings. The summed E-state index contributed by atoms with van der Waals surface area (Å²) in [5.74, 6) is 0.580. The van der Waals surface area contributed by atoms with E-state index in [4.69, 9.17) is 5.73 Å². The lowest BCUT2D eigenvalue weighted by molar-refractivity contribution is -0.138. The first-order valence-electron chi connectivity index (χ1n) is 6.99. The third-order valence-electron chi connectivity index (χ3n) is 3.40. The van der Waals surface area contributed by atoms with E-state index in [1.54, 1.807) is 11.0 Å². The second-order valence-electron chi connectivity index (χ2n) is 4.94. The van der Waals surface area contributed by atoms with Crippen LogP contribution in [0.3, 0.4) is 0 Å². The highest BCUT2D eigenvalue weighted by atomic mass is 16.4. The quantitative estimate of drug-likeness (QED) is 0.674. The molecule has 7 heteroatoms. The predicted octanol–water partition coefficient (Wildman–Crippen LogP) is 1.32. The van der Waals surface area contributed by atoms with Crippen molar-refractivity contribution in [1.82, 2.24) is 9.97 Å². The van der Waals surface area contributed by atoms with Crippen molar-refractivity contribution >= 4 is 23.6 Å². The lowest BCUT2D eigenvalue weighted by Gasteiger charge is -2.23. The van der Waals surface area contributed by atoms with E-state index in [1.807, 2.05) is 0 Å². The molecular formula is C13H21N5O2. The van der Waals surface area contributed by atoms with Crippen LogP contribution in [-0.2, 0) is 4.79 Å². The molecule has 2 rings (SSSR count). The second kappa shape index (κ2) is 6.40. The van der Waals surface area contributed by atoms with Gasteiger partial charge >= 0.3 is 5.97 Å². The highest BCUT2D eigenvalue weighted by molar-refractivity contribution is 5.78. The van der Waals surface area contributed by atoms with Gasteiger partial charge < -0.3 is 21.1 Å². The van der Waals surface area contributed by atoms with E-state index in [2.05, 4.69) is 22.2 Å². The third-order valence-corrected chi connectivity index (χ3v) is 3.40. The number of nitrogens with zero attached hydrogens (tertiary/aromatic N) is 3. The van der Waals surface area contributed by atoms with Gasteiger partial charge in [0.15, 0.2) is 0 Å². The number of carbonyl (C=O) groups is 1. The van der Waals surface area contributed by atoms with Crippen LogP contribution in [0.15, 0.2) is 6.07 Å². The van der Waals surface area contributed by atoms with Crippen LogP contribution in [0.2, 0.25) is 0 Å². The summed E-state index contributed by atoms with van der Waals surface area (Å²) in [6, 6.07) is 1.25. The second-order valence-corrected chi connectivity index (χ2v) is 4.94. The van der Waals surface area contributed by atoms with E-state index >= 15 is 0 Å². The van der Waals surface area contributed by atoms with Gasteiger partial charge in [-0.25, -0.2) is 4.79 Å². The van der Waals surface area contributed by atoms with Crippen molar-refractivity contribution in [3.05, 3.63) is 6.07 Å². The van der Waals surface area contributed by atoms with Gasteiger partial charge in [-0.2, -0.15) is 9.97 Å². The van der Waals surface area contributed by atoms with Crippen LogP contribution in [0.4, 0.5) is 17.6 Å². The molecule has 4 N–H and O–H groups in total. The summed E-state index contributed by atoms with van der Waals surface area (Å²) in [5, 5.41) is 12.4. The highest BCUT2D eigenvalue weighted by Gasteiger charge is 2.31. The molecule has 20 heavy (non-hydrogen) atoms. The summed E-state index contributed by atoms with van der Waals surface area (Å²) in [6.45, 7) is 3.61. The molecule has 0 amide bonds. The Balaban J connectivity index is 2.16. The van der Waals surface area contributed by atoms with Gasteiger partial charge in [0.25, 0.3) is 0 Å². The number of nitrogens with one attached hydrogen (secondary N) is 1. The molecule has 0 aromatic carbocycles. The Hall–Kier alpha value is -2.05. The maximum atomic E-state index is 11.2. The van der Waals surface area contributed by atoms with Crippen molar-refractivity contribution in [3.8, 4) is 0 Å². The Morgan fingerprint density at radius 3 is 3.10 bits per heavy atom. The number of carboxylic acids is 1. The minimum atomic E-state index is -0.819. The fraction of sp³-hybridized carbons (Fsp3) is 0.615. The molecule has 1 aromatic rings. The normalized spacial score (nSPS) is 18.2. The fourth-order valence-corrected chi connectivity index (χ4v) is 2.38. The Bertz CT molecular complexity index is 480. The van der Waals surface area contributed by atoms with Crippen molar-refractivity contribution in [2.75, 3.05) is 29.0 Å². The SMILES string of the molecule is CCCCNc1cc(N2CCC[C@@H]2C(=O)O)nc(N)n1. The molecule has 0 aliphatic carbocycles. The van der Waals surface area contributed by atoms with Crippen molar-refractivity contribution in [2.45, 2.75) is 38.6 Å². The first-order chi connectivity index (χ1) is 9.61. The number of carboxylic acid groups (broad SMARTS) is 1. The lowest BCUT2D eigenvalue weighted by Crippen LogP contribution is -2.36. The van der Waals surface area contributed by atoms with E-state index in [1.165, 1.54) is 0 Å². The van der Waals surface area contributed by atoms with Crippen LogP contribution in [0.25, 0.3) is 0 Å². The number of hydrogen-bond acceptors (Lipinski definition) is 6. The molecule has 1 aromatic heterocycles. The zero-order valence-corrected chi connectivity index (χ0v) is 11.7. The van der Waals surface area contributed by atoms with Gasteiger partial charge in [0, 0.05) is 19.2 Å². The Labute approximate surface area is 118 Å². The summed E-state index contributed by atoms with van der Waals surface area (Å²) >= 11 is 0. The molecule has 0 saturated carbocycles. The van der Waals surface area contributed by atoms with Crippen molar-refractivity contribution < 1.29 is 9.90 Å². The lowest BCUT2D eigenvalue weighted by atomic mass is 10.2. The first-order valence-corrected chi connectivity index (χ1v) is 6.99. The minimum Gasteiger partial charge on any atom is -0.480 e. The topological polar surface area (TPSA) is 104 Å². The van der Waals surface area contributed by atoms with Gasteiger partial charge in [0.1, 0.15) is 17.7 Å². The average molecular weight is 279 g/mol. The van der Waals surface area contributed by atoms with Crippen LogP contribution >= 0.6 is 0 Å². The molecule has 0 radical (unpaired) electrons. The monoisotopic (exact) mass is 279 g/mol. The summed E-state index contributed by atoms with van der Waals surface area (Å²) in [6.07, 6.45) is 3.62. The zero-order valence-electron chi connectivity index (χ0n) is 11.7. The smallest absolute Gasteiger partial charge is 0.326 e. The Morgan fingerprint density at radius 1 is 1.60 bits per heavy atom. The van der Waals surface area contributed by atoms with Crippen molar-refractivity contribution in [3.63, 3.8) is 0 Å². The van der Waals surface area contributed by atoms with Crippen molar-refractivity contribution in [1.29, 1.82) is 0 Å². The molecule has 1 aliphatic heterocycles. The van der Waals surface area contributed by atoms with Gasteiger partial charge in [-0.15, -0.1) is 0 Å². The number of hydrogen-bond donors (Lipinski definition) is 3. The molecule has 1 fully saturated rings. The van der Waals surface area contributed by atoms with E-state index < -0.39 is 12.0 Å². The zero-order chi connectivity index (χ0) is 14.5. The van der Waals surface area contributed by atoms with Gasteiger partial charge in [-0.1, -0.05) is 13.3 Å².